The van der Waals surface area contributed by atoms with Gasteiger partial charge in [-0.2, -0.15) is 0 Å². The molecule has 0 amide bonds. The topological polar surface area (TPSA) is 112 Å². The molecule has 0 aromatic carbocycles. The molecule has 0 saturated heterocycles. The molecule has 0 aromatic rings. The van der Waals surface area contributed by atoms with Crippen molar-refractivity contribution in [1.82, 2.24) is 0 Å². The number of hydrogen-bond donors (Lipinski definition) is 2. The Morgan fingerprint density at radius 3 is 2.43 bits per heavy atom. The van der Waals surface area contributed by atoms with Crippen molar-refractivity contribution in [2.75, 3.05) is 0 Å². The summed E-state index contributed by atoms with van der Waals surface area (Å²) in [5.74, 6) is 2.19. The average molecular weight is 433 g/mol. The normalized spacial score (nSPS) is 48.2. The standard InChI is InChI=1S/C24H40O4.Na.H2O/c1-14(4-9-22(27)28)18-7-8-19-17-6-5-15-12-16(25)10-11-23(15,2)20(17)13-21(26)24(18,19)3;;/h14-21,25-26H,4-13H2,1-3H3,(H,27,28);;1H2/q;+1;/p-1/t14-,15-,16-,17+,18-,19+,20+,21+,23+,24-;;/m1../s1. The Hall–Kier alpha value is 0.350. The van der Waals surface area contributed by atoms with Crippen molar-refractivity contribution in [1.29, 1.82) is 0 Å². The van der Waals surface area contributed by atoms with Crippen LogP contribution in [0.2, 0.25) is 0 Å². The van der Waals surface area contributed by atoms with Crippen LogP contribution in [-0.2, 0) is 4.79 Å². The molecule has 6 heteroatoms. The molecule has 0 heterocycles. The van der Waals surface area contributed by atoms with E-state index < -0.39 is 5.97 Å². The van der Waals surface area contributed by atoms with Crippen molar-refractivity contribution in [2.45, 2.75) is 97.2 Å². The molecule has 4 aliphatic rings. The third-order valence-electron chi connectivity index (χ3n) is 10.3. The van der Waals surface area contributed by atoms with Crippen molar-refractivity contribution in [3.05, 3.63) is 0 Å². The Labute approximate surface area is 204 Å². The minimum absolute atomic E-state index is 0. The summed E-state index contributed by atoms with van der Waals surface area (Å²) in [6, 6.07) is 0. The van der Waals surface area contributed by atoms with E-state index in [4.69, 9.17) is 0 Å². The fraction of sp³-hybridized carbons (Fsp3) is 0.958. The van der Waals surface area contributed by atoms with Crippen LogP contribution in [0.4, 0.5) is 0 Å². The van der Waals surface area contributed by atoms with Gasteiger partial charge in [0.05, 0.1) is 12.2 Å². The van der Waals surface area contributed by atoms with Crippen molar-refractivity contribution >= 4 is 5.97 Å². The van der Waals surface area contributed by atoms with Crippen molar-refractivity contribution in [3.63, 3.8) is 0 Å². The third-order valence-corrected chi connectivity index (χ3v) is 10.3. The number of aliphatic hydroxyl groups is 2. The van der Waals surface area contributed by atoms with Crippen LogP contribution in [0.25, 0.3) is 0 Å². The first-order valence-electron chi connectivity index (χ1n) is 11.7. The summed E-state index contributed by atoms with van der Waals surface area (Å²) in [6.45, 7) is 6.94. The largest absolute Gasteiger partial charge is 1.00 e. The zero-order chi connectivity index (χ0) is 20.3. The number of hydrogen-bond acceptors (Lipinski definition) is 4. The fourth-order valence-electron chi connectivity index (χ4n) is 8.71. The molecule has 0 unspecified atom stereocenters. The van der Waals surface area contributed by atoms with E-state index in [1.807, 2.05) is 0 Å². The Bertz CT molecular complexity index is 614. The zero-order valence-electron chi connectivity index (χ0n) is 19.4. The Morgan fingerprint density at radius 2 is 1.77 bits per heavy atom. The van der Waals surface area contributed by atoms with Gasteiger partial charge in [-0.1, -0.05) is 20.8 Å². The van der Waals surface area contributed by atoms with Crippen LogP contribution in [0.1, 0.15) is 85.0 Å². The van der Waals surface area contributed by atoms with E-state index in [0.29, 0.717) is 41.9 Å². The molecule has 0 radical (unpaired) electrons. The van der Waals surface area contributed by atoms with Crippen molar-refractivity contribution in [3.8, 4) is 0 Å². The molecule has 4 aliphatic carbocycles. The van der Waals surface area contributed by atoms with Crippen LogP contribution >= 0.6 is 0 Å². The smallest absolute Gasteiger partial charge is 0.550 e. The molecule has 4 rings (SSSR count). The number of carbonyl (C=O) groups is 1. The maximum Gasteiger partial charge on any atom is 1.00 e. The van der Waals surface area contributed by atoms with Crippen LogP contribution in [0.15, 0.2) is 0 Å². The summed E-state index contributed by atoms with van der Waals surface area (Å²) < 4.78 is 0. The Balaban J connectivity index is 0.00000160. The summed E-state index contributed by atoms with van der Waals surface area (Å²) in [6.07, 6.45) is 8.98. The van der Waals surface area contributed by atoms with E-state index in [9.17, 15) is 20.1 Å². The van der Waals surface area contributed by atoms with Gasteiger partial charge in [-0.3, -0.25) is 0 Å². The van der Waals surface area contributed by atoms with Gasteiger partial charge in [0.15, 0.2) is 0 Å². The van der Waals surface area contributed by atoms with Crippen LogP contribution in [0.5, 0.6) is 0 Å². The third kappa shape index (κ3) is 4.17. The molecule has 30 heavy (non-hydrogen) atoms. The maximum atomic E-state index is 11.5. The first-order valence-corrected chi connectivity index (χ1v) is 11.7. The fourth-order valence-corrected chi connectivity index (χ4v) is 8.71. The number of carboxylic acids is 1. The summed E-state index contributed by atoms with van der Waals surface area (Å²) >= 11 is 0. The van der Waals surface area contributed by atoms with Crippen LogP contribution < -0.4 is 34.7 Å². The first kappa shape index (κ1) is 26.6. The molecule has 0 bridgehead atoms. The molecular weight excluding hydrogens is 391 g/mol. The number of rotatable bonds is 4. The number of fused-ring (bicyclic) bond motifs is 5. The summed E-state index contributed by atoms with van der Waals surface area (Å²) in [4.78, 5) is 10.9. The van der Waals surface area contributed by atoms with Gasteiger partial charge in [0.2, 0.25) is 0 Å². The molecule has 0 aliphatic heterocycles. The van der Waals surface area contributed by atoms with Gasteiger partial charge in [0, 0.05) is 5.97 Å². The van der Waals surface area contributed by atoms with Gasteiger partial charge >= 0.3 is 29.6 Å². The van der Waals surface area contributed by atoms with E-state index in [1.54, 1.807) is 0 Å². The molecule has 0 aromatic heterocycles. The molecule has 10 atom stereocenters. The second-order valence-corrected chi connectivity index (χ2v) is 11.3. The van der Waals surface area contributed by atoms with E-state index in [1.165, 1.54) is 19.3 Å². The molecule has 0 spiro atoms. The Kier molecular flexibility index (Phi) is 8.59. The van der Waals surface area contributed by atoms with Crippen LogP contribution in [0.3, 0.4) is 0 Å². The summed E-state index contributed by atoms with van der Waals surface area (Å²) in [5, 5.41) is 32.6. The number of carbonyl (C=O) groups excluding carboxylic acids is 1. The van der Waals surface area contributed by atoms with Crippen LogP contribution in [-0.4, -0.2) is 33.9 Å². The Morgan fingerprint density at radius 1 is 1.07 bits per heavy atom. The summed E-state index contributed by atoms with van der Waals surface area (Å²) in [5.41, 5.74) is 0.188. The van der Waals surface area contributed by atoms with E-state index in [0.717, 1.165) is 32.1 Å². The second kappa shape index (κ2) is 9.69. The van der Waals surface area contributed by atoms with Crippen LogP contribution in [0, 0.1) is 46.3 Å². The van der Waals surface area contributed by atoms with E-state index in [-0.39, 0.29) is 64.5 Å². The van der Waals surface area contributed by atoms with Gasteiger partial charge in [-0.05, 0) is 111 Å². The van der Waals surface area contributed by atoms with Crippen molar-refractivity contribution in [2.24, 2.45) is 46.3 Å². The quantitative estimate of drug-likeness (QED) is 0.574. The monoisotopic (exact) mass is 432 g/mol. The molecule has 4 saturated carbocycles. The van der Waals surface area contributed by atoms with Gasteiger partial charge in [-0.15, -0.1) is 0 Å². The number of aliphatic carboxylic acids is 1. The molecule has 4 fully saturated rings. The predicted molar refractivity (Wildman–Crippen MR) is 110 cm³/mol. The van der Waals surface area contributed by atoms with Gasteiger partial charge in [0.1, 0.15) is 0 Å². The molecule has 168 valence electrons. The average Bonchev–Trinajstić information content (AvgIpc) is 3.00. The number of carboxylic acid groups (broad SMARTS) is 1. The van der Waals surface area contributed by atoms with E-state index >= 15 is 0 Å². The first-order chi connectivity index (χ1) is 13.2. The van der Waals surface area contributed by atoms with Gasteiger partial charge in [0.25, 0.3) is 0 Å². The second-order valence-electron chi connectivity index (χ2n) is 11.3. The molecule has 4 N–H and O–H groups in total. The SMILES string of the molecule is C[C@H](CCC(=O)[O-])[C@H]1CC[C@H]2[C@@H]3CC[C@@H]4C[C@H](O)CC[C@]4(C)[C@H]3C[C@H](O)[C@]12C.O.[Na+]. The van der Waals surface area contributed by atoms with Crippen molar-refractivity contribution < 1.29 is 55.1 Å². The molecular formula is C24H41NaO5. The summed E-state index contributed by atoms with van der Waals surface area (Å²) in [7, 11) is 0. The predicted octanol–water partition coefficient (Wildman–Crippen LogP) is -0.677. The van der Waals surface area contributed by atoms with Gasteiger partial charge < -0.3 is 25.6 Å². The molecule has 5 nitrogen and oxygen atoms in total. The van der Waals surface area contributed by atoms with E-state index in [2.05, 4.69) is 20.8 Å². The minimum atomic E-state index is -0.957. The maximum absolute atomic E-state index is 11.5. The zero-order valence-corrected chi connectivity index (χ0v) is 21.4. The minimum Gasteiger partial charge on any atom is -0.550 e. The van der Waals surface area contributed by atoms with Gasteiger partial charge in [-0.25, -0.2) is 0 Å². The number of aliphatic hydroxyl groups excluding tert-OH is 2.